The van der Waals surface area contributed by atoms with Gasteiger partial charge in [-0.05, 0) is 38.5 Å². The van der Waals surface area contributed by atoms with Crippen molar-refractivity contribution in [1.29, 1.82) is 0 Å². The van der Waals surface area contributed by atoms with Gasteiger partial charge in [0.1, 0.15) is 5.01 Å². The molecule has 1 aromatic rings. The van der Waals surface area contributed by atoms with Crippen molar-refractivity contribution in [2.45, 2.75) is 59.5 Å². The molecule has 1 aliphatic heterocycles. The smallest absolute Gasteiger partial charge is 0.191 e. The van der Waals surface area contributed by atoms with Crippen LogP contribution in [0.3, 0.4) is 0 Å². The molecule has 2 atom stereocenters. The van der Waals surface area contributed by atoms with Crippen molar-refractivity contribution < 1.29 is 0 Å². The SMILES string of the molecule is CCc1cnc(CNC(=NC)NCC(C)(C)N2CC(C)CC(C)C2)s1.I. The van der Waals surface area contributed by atoms with Crippen LogP contribution in [0.15, 0.2) is 11.2 Å². The Hall–Kier alpha value is -0.410. The van der Waals surface area contributed by atoms with E-state index in [1.165, 1.54) is 24.4 Å². The van der Waals surface area contributed by atoms with Crippen LogP contribution in [0.1, 0.15) is 50.9 Å². The van der Waals surface area contributed by atoms with Crippen molar-refractivity contribution in [3.63, 3.8) is 0 Å². The maximum Gasteiger partial charge on any atom is 0.191 e. The molecule has 0 spiro atoms. The topological polar surface area (TPSA) is 52.6 Å². The third-order valence-electron chi connectivity index (χ3n) is 4.99. The Morgan fingerprint density at radius 2 is 1.96 bits per heavy atom. The summed E-state index contributed by atoms with van der Waals surface area (Å²) < 4.78 is 0. The number of thiazole rings is 1. The summed E-state index contributed by atoms with van der Waals surface area (Å²) >= 11 is 1.77. The summed E-state index contributed by atoms with van der Waals surface area (Å²) in [5.41, 5.74) is 0.108. The summed E-state index contributed by atoms with van der Waals surface area (Å²) in [6.07, 6.45) is 4.36. The molecule has 0 aliphatic carbocycles. The Balaban J connectivity index is 0.00000338. The number of rotatable bonds is 6. The maximum atomic E-state index is 4.46. The van der Waals surface area contributed by atoms with E-state index in [2.05, 4.69) is 60.1 Å². The second kappa shape index (κ2) is 10.8. The van der Waals surface area contributed by atoms with E-state index in [0.29, 0.717) is 0 Å². The first-order valence-electron chi connectivity index (χ1n) is 9.47. The lowest BCUT2D eigenvalue weighted by Crippen LogP contribution is -2.57. The number of nitrogens with one attached hydrogen (secondary N) is 2. The van der Waals surface area contributed by atoms with Crippen LogP contribution >= 0.6 is 35.3 Å². The molecule has 2 rings (SSSR count). The van der Waals surface area contributed by atoms with Crippen molar-refractivity contribution in [2.75, 3.05) is 26.7 Å². The fourth-order valence-corrected chi connectivity index (χ4v) is 4.34. The summed E-state index contributed by atoms with van der Waals surface area (Å²) in [6, 6.07) is 0. The highest BCUT2D eigenvalue weighted by molar-refractivity contribution is 14.0. The number of aliphatic imine (C=N–C) groups is 1. The Bertz CT molecular complexity index is 562. The van der Waals surface area contributed by atoms with Gasteiger partial charge in [-0.25, -0.2) is 4.98 Å². The average molecular weight is 494 g/mol. The summed E-state index contributed by atoms with van der Waals surface area (Å²) in [4.78, 5) is 12.8. The van der Waals surface area contributed by atoms with Gasteiger partial charge < -0.3 is 10.6 Å². The lowest BCUT2D eigenvalue weighted by atomic mass is 9.88. The standard InChI is InChI=1S/C19H35N5S.HI/c1-7-16-9-21-17(25-16)10-22-18(20-6)23-13-19(4,5)24-11-14(2)8-15(3)12-24;/h9,14-15H,7-8,10-13H2,1-6H3,(H2,20,22,23);1H. The van der Waals surface area contributed by atoms with Crippen LogP contribution in [-0.2, 0) is 13.0 Å². The van der Waals surface area contributed by atoms with E-state index in [4.69, 9.17) is 0 Å². The van der Waals surface area contributed by atoms with Crippen molar-refractivity contribution in [3.8, 4) is 0 Å². The minimum Gasteiger partial charge on any atom is -0.355 e. The Morgan fingerprint density at radius 3 is 2.50 bits per heavy atom. The van der Waals surface area contributed by atoms with Gasteiger partial charge in [0, 0.05) is 43.3 Å². The number of guanidine groups is 1. The van der Waals surface area contributed by atoms with E-state index in [-0.39, 0.29) is 29.5 Å². The highest BCUT2D eigenvalue weighted by Gasteiger charge is 2.32. The highest BCUT2D eigenvalue weighted by Crippen LogP contribution is 2.26. The predicted octanol–water partition coefficient (Wildman–Crippen LogP) is 3.75. The Morgan fingerprint density at radius 1 is 1.31 bits per heavy atom. The molecular weight excluding hydrogens is 457 g/mol. The Kier molecular flexibility index (Phi) is 9.82. The Labute approximate surface area is 180 Å². The van der Waals surface area contributed by atoms with E-state index in [0.717, 1.165) is 42.3 Å². The molecule has 2 N–H and O–H groups in total. The first kappa shape index (κ1) is 23.6. The van der Waals surface area contributed by atoms with Crippen LogP contribution in [0.4, 0.5) is 0 Å². The van der Waals surface area contributed by atoms with Crippen LogP contribution in [0.25, 0.3) is 0 Å². The summed E-state index contributed by atoms with van der Waals surface area (Å²) in [5.74, 6) is 2.40. The molecule has 0 bridgehead atoms. The number of piperidine rings is 1. The van der Waals surface area contributed by atoms with Crippen LogP contribution < -0.4 is 10.6 Å². The van der Waals surface area contributed by atoms with Gasteiger partial charge in [0.05, 0.1) is 6.54 Å². The van der Waals surface area contributed by atoms with Gasteiger partial charge in [0.25, 0.3) is 0 Å². The van der Waals surface area contributed by atoms with Gasteiger partial charge in [-0.15, -0.1) is 35.3 Å². The number of hydrogen-bond acceptors (Lipinski definition) is 4. The van der Waals surface area contributed by atoms with Crippen LogP contribution in [0, 0.1) is 11.8 Å². The first-order chi connectivity index (χ1) is 11.8. The van der Waals surface area contributed by atoms with Gasteiger partial charge in [0.2, 0.25) is 0 Å². The number of likely N-dealkylation sites (tertiary alicyclic amines) is 1. The van der Waals surface area contributed by atoms with Gasteiger partial charge in [0.15, 0.2) is 5.96 Å². The number of aryl methyl sites for hydroxylation is 1. The lowest BCUT2D eigenvalue weighted by molar-refractivity contribution is 0.0483. The summed E-state index contributed by atoms with van der Waals surface area (Å²) in [6.45, 7) is 15.5. The summed E-state index contributed by atoms with van der Waals surface area (Å²) in [7, 11) is 1.83. The average Bonchev–Trinajstić information content (AvgIpc) is 3.02. The number of hydrogen-bond donors (Lipinski definition) is 2. The molecule has 1 aromatic heterocycles. The van der Waals surface area contributed by atoms with Gasteiger partial charge in [-0.1, -0.05) is 20.8 Å². The fourth-order valence-electron chi connectivity index (χ4n) is 3.54. The second-order valence-electron chi connectivity index (χ2n) is 8.02. The molecule has 5 nitrogen and oxygen atoms in total. The molecule has 2 heterocycles. The molecule has 0 aromatic carbocycles. The van der Waals surface area contributed by atoms with E-state index >= 15 is 0 Å². The van der Waals surface area contributed by atoms with Gasteiger partial charge in [-0.3, -0.25) is 9.89 Å². The molecule has 1 aliphatic rings. The molecule has 0 radical (unpaired) electrons. The molecule has 1 fully saturated rings. The molecule has 0 amide bonds. The molecular formula is C19H36IN5S. The third kappa shape index (κ3) is 6.96. The first-order valence-corrected chi connectivity index (χ1v) is 10.3. The maximum absolute atomic E-state index is 4.46. The molecule has 1 saturated heterocycles. The fraction of sp³-hybridized carbons (Fsp3) is 0.789. The summed E-state index contributed by atoms with van der Waals surface area (Å²) in [5, 5.41) is 8.00. The normalized spacial score (nSPS) is 22.0. The second-order valence-corrected chi connectivity index (χ2v) is 9.22. The number of nitrogens with zero attached hydrogens (tertiary/aromatic N) is 3. The number of aromatic nitrogens is 1. The largest absolute Gasteiger partial charge is 0.355 e. The van der Waals surface area contributed by atoms with Gasteiger partial charge >= 0.3 is 0 Å². The predicted molar refractivity (Wildman–Crippen MR) is 124 cm³/mol. The van der Waals surface area contributed by atoms with Crippen molar-refractivity contribution in [3.05, 3.63) is 16.1 Å². The monoisotopic (exact) mass is 493 g/mol. The van der Waals surface area contributed by atoms with Gasteiger partial charge in [-0.2, -0.15) is 0 Å². The van der Waals surface area contributed by atoms with Crippen molar-refractivity contribution in [2.24, 2.45) is 16.8 Å². The quantitative estimate of drug-likeness (QED) is 0.360. The molecule has 2 unspecified atom stereocenters. The zero-order valence-corrected chi connectivity index (χ0v) is 20.3. The van der Waals surface area contributed by atoms with E-state index in [1.54, 1.807) is 11.3 Å². The molecule has 7 heteroatoms. The molecule has 26 heavy (non-hydrogen) atoms. The van der Waals surface area contributed by atoms with Crippen LogP contribution in [0.5, 0.6) is 0 Å². The zero-order chi connectivity index (χ0) is 18.4. The highest BCUT2D eigenvalue weighted by atomic mass is 127. The van der Waals surface area contributed by atoms with Crippen molar-refractivity contribution >= 4 is 41.3 Å². The third-order valence-corrected chi connectivity index (χ3v) is 6.14. The number of halogens is 1. The zero-order valence-electron chi connectivity index (χ0n) is 17.1. The van der Waals surface area contributed by atoms with E-state index < -0.39 is 0 Å². The lowest BCUT2D eigenvalue weighted by Gasteiger charge is -2.45. The molecule has 150 valence electrons. The van der Waals surface area contributed by atoms with E-state index in [9.17, 15) is 0 Å². The van der Waals surface area contributed by atoms with Crippen LogP contribution in [0.2, 0.25) is 0 Å². The van der Waals surface area contributed by atoms with E-state index in [1.807, 2.05) is 13.2 Å². The minimum absolute atomic E-state index is 0. The van der Waals surface area contributed by atoms with Crippen molar-refractivity contribution in [1.82, 2.24) is 20.5 Å². The van der Waals surface area contributed by atoms with Crippen LogP contribution in [-0.4, -0.2) is 48.1 Å². The minimum atomic E-state index is 0. The molecule has 0 saturated carbocycles.